The molecule has 0 saturated heterocycles. The Labute approximate surface area is 87.1 Å². The van der Waals surface area contributed by atoms with Crippen molar-refractivity contribution in [3.63, 3.8) is 0 Å². The van der Waals surface area contributed by atoms with Crippen molar-refractivity contribution in [1.82, 2.24) is 4.72 Å². The molecule has 6 nitrogen and oxygen atoms in total. The van der Waals surface area contributed by atoms with E-state index in [1.54, 1.807) is 6.07 Å². The zero-order chi connectivity index (χ0) is 11.5. The van der Waals surface area contributed by atoms with Crippen LogP contribution in [0.5, 0.6) is 11.5 Å². The molecule has 0 atom stereocenters. The molecule has 0 bridgehead atoms. The van der Waals surface area contributed by atoms with Gasteiger partial charge in [-0.1, -0.05) is 6.07 Å². The van der Waals surface area contributed by atoms with Gasteiger partial charge < -0.3 is 10.2 Å². The van der Waals surface area contributed by atoms with Crippen LogP contribution in [-0.4, -0.2) is 29.7 Å². The summed E-state index contributed by atoms with van der Waals surface area (Å²) in [5, 5.41) is 18.1. The van der Waals surface area contributed by atoms with Gasteiger partial charge in [-0.25, -0.2) is 0 Å². The van der Waals surface area contributed by atoms with Crippen LogP contribution in [0.15, 0.2) is 18.2 Å². The predicted octanol–water partition coefficient (Wildman–Crippen LogP) is 0.0327. The van der Waals surface area contributed by atoms with Gasteiger partial charge in [0.15, 0.2) is 11.5 Å². The third kappa shape index (κ3) is 4.15. The van der Waals surface area contributed by atoms with Crippen LogP contribution in [0, 0.1) is 0 Å². The van der Waals surface area contributed by atoms with E-state index < -0.39 is 10.3 Å². The summed E-state index contributed by atoms with van der Waals surface area (Å²) in [5.74, 6) is -0.499. The fraction of sp³-hybridized carbons (Fsp3) is 0.250. The van der Waals surface area contributed by atoms with Gasteiger partial charge in [0, 0.05) is 6.54 Å². The van der Waals surface area contributed by atoms with Crippen LogP contribution in [0.2, 0.25) is 0 Å². The number of hydrogen-bond donors (Lipinski definition) is 4. The summed E-state index contributed by atoms with van der Waals surface area (Å²) in [7, 11) is -4.17. The number of aromatic hydroxyl groups is 2. The van der Waals surface area contributed by atoms with Crippen LogP contribution < -0.4 is 4.72 Å². The molecule has 0 saturated carbocycles. The van der Waals surface area contributed by atoms with E-state index in [2.05, 4.69) is 0 Å². The molecule has 1 rings (SSSR count). The lowest BCUT2D eigenvalue weighted by Gasteiger charge is -2.03. The zero-order valence-electron chi connectivity index (χ0n) is 7.71. The van der Waals surface area contributed by atoms with Crippen LogP contribution >= 0.6 is 0 Å². The highest BCUT2D eigenvalue weighted by atomic mass is 32.2. The van der Waals surface area contributed by atoms with Gasteiger partial charge in [0.25, 0.3) is 0 Å². The molecule has 0 amide bonds. The fourth-order valence-electron chi connectivity index (χ4n) is 1.05. The standard InChI is InChI=1S/C8H11NO5S/c10-7-2-1-6(5-8(7)11)3-4-9-15(12,13)14/h1-2,5,9-11H,3-4H2,(H,12,13,14). The maximum absolute atomic E-state index is 10.3. The van der Waals surface area contributed by atoms with Crippen LogP contribution in [0.25, 0.3) is 0 Å². The van der Waals surface area contributed by atoms with E-state index in [-0.39, 0.29) is 18.0 Å². The first-order valence-corrected chi connectivity index (χ1v) is 5.55. The van der Waals surface area contributed by atoms with Crippen molar-refractivity contribution >= 4 is 10.3 Å². The van der Waals surface area contributed by atoms with Crippen LogP contribution in [0.3, 0.4) is 0 Å². The van der Waals surface area contributed by atoms with Gasteiger partial charge in [-0.3, -0.25) is 4.55 Å². The van der Waals surface area contributed by atoms with E-state index in [1.807, 2.05) is 4.72 Å². The van der Waals surface area contributed by atoms with E-state index in [0.717, 1.165) is 0 Å². The number of rotatable bonds is 4. The second-order valence-electron chi connectivity index (χ2n) is 2.94. The van der Waals surface area contributed by atoms with Gasteiger partial charge in [-0.2, -0.15) is 13.1 Å². The quantitative estimate of drug-likeness (QED) is 0.433. The fourth-order valence-corrected chi connectivity index (χ4v) is 1.41. The van der Waals surface area contributed by atoms with Crippen molar-refractivity contribution in [3.8, 4) is 11.5 Å². The largest absolute Gasteiger partial charge is 0.504 e. The molecular weight excluding hydrogens is 222 g/mol. The maximum Gasteiger partial charge on any atom is 0.333 e. The molecule has 0 aliphatic carbocycles. The molecule has 1 aromatic carbocycles. The highest BCUT2D eigenvalue weighted by molar-refractivity contribution is 7.83. The van der Waals surface area contributed by atoms with Gasteiger partial charge in [0.2, 0.25) is 0 Å². The van der Waals surface area contributed by atoms with E-state index in [0.29, 0.717) is 12.0 Å². The van der Waals surface area contributed by atoms with Gasteiger partial charge in [-0.15, -0.1) is 0 Å². The molecule has 0 fully saturated rings. The summed E-state index contributed by atoms with van der Waals surface area (Å²) >= 11 is 0. The Hall–Kier alpha value is -1.31. The topological polar surface area (TPSA) is 107 Å². The van der Waals surface area contributed by atoms with Gasteiger partial charge in [-0.05, 0) is 24.1 Å². The molecule has 0 spiro atoms. The Bertz CT molecular complexity index is 442. The summed E-state index contributed by atoms with van der Waals surface area (Å²) in [6, 6.07) is 4.17. The SMILES string of the molecule is O=S(=O)(O)NCCc1ccc(O)c(O)c1. The average molecular weight is 233 g/mol. The Morgan fingerprint density at radius 2 is 1.87 bits per heavy atom. The van der Waals surface area contributed by atoms with Crippen molar-refractivity contribution in [2.75, 3.05) is 6.54 Å². The van der Waals surface area contributed by atoms with E-state index in [1.165, 1.54) is 12.1 Å². The predicted molar refractivity (Wildman–Crippen MR) is 53.0 cm³/mol. The first kappa shape index (κ1) is 11.8. The van der Waals surface area contributed by atoms with Crippen LogP contribution in [0.1, 0.15) is 5.56 Å². The number of phenolic OH excluding ortho intramolecular Hbond substituents is 2. The summed E-state index contributed by atoms with van der Waals surface area (Å²) in [5.41, 5.74) is 0.640. The summed E-state index contributed by atoms with van der Waals surface area (Å²) in [4.78, 5) is 0. The molecule has 84 valence electrons. The van der Waals surface area contributed by atoms with Crippen molar-refractivity contribution in [2.45, 2.75) is 6.42 Å². The highest BCUT2D eigenvalue weighted by Gasteiger charge is 2.04. The Balaban J connectivity index is 2.55. The molecule has 4 N–H and O–H groups in total. The summed E-state index contributed by atoms with van der Waals surface area (Å²) in [6.45, 7) is 0.0169. The van der Waals surface area contributed by atoms with Crippen LogP contribution in [-0.2, 0) is 16.7 Å². The van der Waals surface area contributed by atoms with Crippen molar-refractivity contribution in [3.05, 3.63) is 23.8 Å². The first-order chi connectivity index (χ1) is 6.88. The molecule has 7 heteroatoms. The zero-order valence-corrected chi connectivity index (χ0v) is 8.53. The Kier molecular flexibility index (Phi) is 3.51. The molecule has 15 heavy (non-hydrogen) atoms. The molecule has 0 radical (unpaired) electrons. The molecule has 0 unspecified atom stereocenters. The van der Waals surface area contributed by atoms with Crippen LogP contribution in [0.4, 0.5) is 0 Å². The molecular formula is C8H11NO5S. The second-order valence-corrected chi connectivity index (χ2v) is 4.18. The maximum atomic E-state index is 10.3. The first-order valence-electron chi connectivity index (χ1n) is 4.11. The Morgan fingerprint density at radius 1 is 1.20 bits per heavy atom. The van der Waals surface area contributed by atoms with Gasteiger partial charge in [0.1, 0.15) is 0 Å². The number of phenols is 2. The third-order valence-corrected chi connectivity index (χ3v) is 2.31. The molecule has 1 aromatic rings. The van der Waals surface area contributed by atoms with E-state index >= 15 is 0 Å². The van der Waals surface area contributed by atoms with Crippen molar-refractivity contribution in [2.24, 2.45) is 0 Å². The minimum Gasteiger partial charge on any atom is -0.504 e. The lowest BCUT2D eigenvalue weighted by atomic mass is 10.1. The lowest BCUT2D eigenvalue weighted by molar-refractivity contribution is 0.403. The summed E-state index contributed by atoms with van der Waals surface area (Å²) in [6.07, 6.45) is 0.299. The second kappa shape index (κ2) is 4.47. The van der Waals surface area contributed by atoms with Crippen molar-refractivity contribution in [1.29, 1.82) is 0 Å². The van der Waals surface area contributed by atoms with Gasteiger partial charge >= 0.3 is 10.3 Å². The number of benzene rings is 1. The van der Waals surface area contributed by atoms with E-state index in [4.69, 9.17) is 14.8 Å². The molecule has 0 aliphatic rings. The monoisotopic (exact) mass is 233 g/mol. The van der Waals surface area contributed by atoms with Crippen molar-refractivity contribution < 1.29 is 23.2 Å². The minimum atomic E-state index is -4.17. The summed E-state index contributed by atoms with van der Waals surface area (Å²) < 4.78 is 30.8. The van der Waals surface area contributed by atoms with E-state index in [9.17, 15) is 8.42 Å². The highest BCUT2D eigenvalue weighted by Crippen LogP contribution is 2.24. The molecule has 0 heterocycles. The lowest BCUT2D eigenvalue weighted by Crippen LogP contribution is -2.24. The average Bonchev–Trinajstić information content (AvgIpc) is 2.09. The van der Waals surface area contributed by atoms with Gasteiger partial charge in [0.05, 0.1) is 0 Å². The number of hydrogen-bond acceptors (Lipinski definition) is 4. The molecule has 0 aromatic heterocycles. The number of nitrogens with one attached hydrogen (secondary N) is 1. The Morgan fingerprint density at radius 3 is 2.40 bits per heavy atom. The smallest absolute Gasteiger partial charge is 0.333 e. The normalized spacial score (nSPS) is 11.5. The third-order valence-electron chi connectivity index (χ3n) is 1.74. The molecule has 0 aliphatic heterocycles. The minimum absolute atomic E-state index is 0.0169.